The lowest BCUT2D eigenvalue weighted by atomic mass is 10.1. The van der Waals surface area contributed by atoms with E-state index in [9.17, 15) is 9.18 Å². The summed E-state index contributed by atoms with van der Waals surface area (Å²) in [7, 11) is 0. The third-order valence-corrected chi connectivity index (χ3v) is 3.59. The molecule has 21 heavy (non-hydrogen) atoms. The van der Waals surface area contributed by atoms with E-state index in [0.717, 1.165) is 12.8 Å². The second-order valence-electron chi connectivity index (χ2n) is 5.00. The van der Waals surface area contributed by atoms with Gasteiger partial charge in [-0.15, -0.1) is 0 Å². The first-order valence-electron chi connectivity index (χ1n) is 6.86. The third-order valence-electron chi connectivity index (χ3n) is 3.28. The molecular formula is C17H17ClFNO. The zero-order valence-electron chi connectivity index (χ0n) is 11.8. The van der Waals surface area contributed by atoms with Crippen LogP contribution in [0, 0.1) is 5.82 Å². The fourth-order valence-electron chi connectivity index (χ4n) is 2.11. The largest absolute Gasteiger partial charge is 0.349 e. The molecule has 0 saturated heterocycles. The second kappa shape index (κ2) is 7.23. The molecule has 0 spiro atoms. The molecule has 0 radical (unpaired) electrons. The van der Waals surface area contributed by atoms with Gasteiger partial charge < -0.3 is 5.32 Å². The van der Waals surface area contributed by atoms with E-state index in [4.69, 9.17) is 11.6 Å². The third kappa shape index (κ3) is 4.30. The average molecular weight is 306 g/mol. The zero-order valence-corrected chi connectivity index (χ0v) is 12.5. The van der Waals surface area contributed by atoms with E-state index in [2.05, 4.69) is 5.32 Å². The molecule has 0 heterocycles. The number of hydrogen-bond acceptors (Lipinski definition) is 1. The van der Waals surface area contributed by atoms with E-state index in [0.29, 0.717) is 0 Å². The predicted octanol–water partition coefficient (Wildman–Crippen LogP) is 4.23. The standard InChI is InChI=1S/C17H17ClFNO/c1-12(10-11-13-6-3-2-4-7-13)20-17(21)16-14(18)8-5-9-15(16)19/h2-9,12H,10-11H2,1H3,(H,20,21)/t12-/m0/s1. The summed E-state index contributed by atoms with van der Waals surface area (Å²) in [6.45, 7) is 1.90. The average Bonchev–Trinajstić information content (AvgIpc) is 2.46. The Kier molecular flexibility index (Phi) is 5.34. The quantitative estimate of drug-likeness (QED) is 0.880. The molecule has 4 heteroatoms. The number of halogens is 2. The lowest BCUT2D eigenvalue weighted by Gasteiger charge is -2.15. The van der Waals surface area contributed by atoms with Crippen LogP contribution in [0.5, 0.6) is 0 Å². The summed E-state index contributed by atoms with van der Waals surface area (Å²) in [6, 6.07) is 14.2. The van der Waals surface area contributed by atoms with Gasteiger partial charge in [-0.25, -0.2) is 4.39 Å². The molecule has 1 N–H and O–H groups in total. The van der Waals surface area contributed by atoms with E-state index in [-0.39, 0.29) is 16.6 Å². The number of benzene rings is 2. The van der Waals surface area contributed by atoms with Gasteiger partial charge in [-0.3, -0.25) is 4.79 Å². The fourth-order valence-corrected chi connectivity index (χ4v) is 2.36. The Morgan fingerprint density at radius 3 is 2.57 bits per heavy atom. The molecule has 1 atom stereocenters. The molecule has 2 aromatic rings. The highest BCUT2D eigenvalue weighted by molar-refractivity contribution is 6.33. The van der Waals surface area contributed by atoms with Gasteiger partial charge in [0.1, 0.15) is 5.82 Å². The summed E-state index contributed by atoms with van der Waals surface area (Å²) in [4.78, 5) is 12.1. The summed E-state index contributed by atoms with van der Waals surface area (Å²) < 4.78 is 13.7. The van der Waals surface area contributed by atoms with Gasteiger partial charge in [-0.05, 0) is 37.5 Å². The van der Waals surface area contributed by atoms with Crippen molar-refractivity contribution in [3.63, 3.8) is 0 Å². The van der Waals surface area contributed by atoms with Crippen LogP contribution in [0.15, 0.2) is 48.5 Å². The normalized spacial score (nSPS) is 12.0. The number of nitrogens with one attached hydrogen (secondary N) is 1. The van der Waals surface area contributed by atoms with Gasteiger partial charge in [-0.2, -0.15) is 0 Å². The Morgan fingerprint density at radius 2 is 1.90 bits per heavy atom. The van der Waals surface area contributed by atoms with E-state index in [1.165, 1.54) is 23.8 Å². The number of carbonyl (C=O) groups excluding carboxylic acids is 1. The molecule has 0 saturated carbocycles. The van der Waals surface area contributed by atoms with Crippen LogP contribution in [0.2, 0.25) is 5.02 Å². The predicted molar refractivity (Wildman–Crippen MR) is 83.1 cm³/mol. The lowest BCUT2D eigenvalue weighted by Crippen LogP contribution is -2.33. The summed E-state index contributed by atoms with van der Waals surface area (Å²) in [5, 5.41) is 2.91. The van der Waals surface area contributed by atoms with Crippen molar-refractivity contribution in [2.45, 2.75) is 25.8 Å². The summed E-state index contributed by atoms with van der Waals surface area (Å²) in [6.07, 6.45) is 1.63. The highest BCUT2D eigenvalue weighted by Gasteiger charge is 2.17. The van der Waals surface area contributed by atoms with Crippen LogP contribution in [0.1, 0.15) is 29.3 Å². The van der Waals surface area contributed by atoms with Crippen molar-refractivity contribution in [3.05, 3.63) is 70.5 Å². The molecule has 0 aliphatic carbocycles. The second-order valence-corrected chi connectivity index (χ2v) is 5.40. The van der Waals surface area contributed by atoms with Crippen LogP contribution in [0.4, 0.5) is 4.39 Å². The Balaban J connectivity index is 1.93. The van der Waals surface area contributed by atoms with Gasteiger partial charge >= 0.3 is 0 Å². The zero-order chi connectivity index (χ0) is 15.2. The number of hydrogen-bond donors (Lipinski definition) is 1. The maximum absolute atomic E-state index is 13.7. The van der Waals surface area contributed by atoms with Crippen LogP contribution in [-0.4, -0.2) is 11.9 Å². The number of rotatable bonds is 5. The van der Waals surface area contributed by atoms with Gasteiger partial charge in [0, 0.05) is 6.04 Å². The van der Waals surface area contributed by atoms with E-state index in [1.54, 1.807) is 0 Å². The lowest BCUT2D eigenvalue weighted by molar-refractivity contribution is 0.0934. The van der Waals surface area contributed by atoms with Crippen molar-refractivity contribution in [2.75, 3.05) is 0 Å². The smallest absolute Gasteiger partial charge is 0.255 e. The summed E-state index contributed by atoms with van der Waals surface area (Å²) in [5.74, 6) is -1.08. The van der Waals surface area contributed by atoms with E-state index < -0.39 is 11.7 Å². The Labute approximate surface area is 128 Å². The van der Waals surface area contributed by atoms with Gasteiger partial charge in [0.2, 0.25) is 0 Å². The fraction of sp³-hybridized carbons (Fsp3) is 0.235. The van der Waals surface area contributed by atoms with Crippen molar-refractivity contribution < 1.29 is 9.18 Å². The first-order chi connectivity index (χ1) is 10.1. The number of amides is 1. The minimum Gasteiger partial charge on any atom is -0.349 e. The molecule has 0 fully saturated rings. The highest BCUT2D eigenvalue weighted by atomic mass is 35.5. The van der Waals surface area contributed by atoms with Crippen molar-refractivity contribution in [1.82, 2.24) is 5.32 Å². The van der Waals surface area contributed by atoms with Crippen molar-refractivity contribution in [1.29, 1.82) is 0 Å². The van der Waals surface area contributed by atoms with Crippen molar-refractivity contribution in [3.8, 4) is 0 Å². The molecule has 0 aliphatic rings. The molecule has 110 valence electrons. The molecule has 0 aromatic heterocycles. The molecule has 0 bridgehead atoms. The molecular weight excluding hydrogens is 289 g/mol. The highest BCUT2D eigenvalue weighted by Crippen LogP contribution is 2.19. The van der Waals surface area contributed by atoms with Crippen LogP contribution in [0.3, 0.4) is 0 Å². The van der Waals surface area contributed by atoms with Crippen LogP contribution < -0.4 is 5.32 Å². The van der Waals surface area contributed by atoms with Gasteiger partial charge in [0.05, 0.1) is 10.6 Å². The van der Waals surface area contributed by atoms with E-state index >= 15 is 0 Å². The molecule has 1 amide bonds. The number of carbonyl (C=O) groups is 1. The molecule has 2 nitrogen and oxygen atoms in total. The first-order valence-corrected chi connectivity index (χ1v) is 7.24. The maximum Gasteiger partial charge on any atom is 0.255 e. The Hall–Kier alpha value is -1.87. The van der Waals surface area contributed by atoms with Crippen LogP contribution in [0.25, 0.3) is 0 Å². The maximum atomic E-state index is 13.7. The molecule has 2 aromatic carbocycles. The SMILES string of the molecule is C[C@@H](CCc1ccccc1)NC(=O)c1c(F)cccc1Cl. The minimum atomic E-state index is -0.602. The van der Waals surface area contributed by atoms with E-state index in [1.807, 2.05) is 37.3 Å². The topological polar surface area (TPSA) is 29.1 Å². The minimum absolute atomic E-state index is 0.0617. The molecule has 0 unspecified atom stereocenters. The summed E-state index contributed by atoms with van der Waals surface area (Å²) in [5.41, 5.74) is 1.12. The monoisotopic (exact) mass is 305 g/mol. The van der Waals surface area contributed by atoms with Crippen molar-refractivity contribution in [2.24, 2.45) is 0 Å². The van der Waals surface area contributed by atoms with Gasteiger partial charge in [0.25, 0.3) is 5.91 Å². The van der Waals surface area contributed by atoms with Crippen LogP contribution in [-0.2, 0) is 6.42 Å². The first kappa shape index (κ1) is 15.5. The number of aryl methyl sites for hydroxylation is 1. The Bertz CT molecular complexity index is 595. The molecule has 0 aliphatic heterocycles. The Morgan fingerprint density at radius 1 is 1.19 bits per heavy atom. The van der Waals surface area contributed by atoms with Crippen LogP contribution >= 0.6 is 11.6 Å². The summed E-state index contributed by atoms with van der Waals surface area (Å²) >= 11 is 5.88. The molecule has 2 rings (SSSR count). The van der Waals surface area contributed by atoms with Gasteiger partial charge in [-0.1, -0.05) is 48.0 Å². The van der Waals surface area contributed by atoms with Crippen molar-refractivity contribution >= 4 is 17.5 Å². The van der Waals surface area contributed by atoms with Gasteiger partial charge in [0.15, 0.2) is 0 Å².